The van der Waals surface area contributed by atoms with Gasteiger partial charge in [-0.2, -0.15) is 0 Å². The van der Waals surface area contributed by atoms with Gasteiger partial charge < -0.3 is 30.6 Å². The van der Waals surface area contributed by atoms with E-state index < -0.39 is 5.60 Å². The minimum atomic E-state index is -1.00. The van der Waals surface area contributed by atoms with Gasteiger partial charge in [-0.05, 0) is 74.0 Å². The number of hydrogen-bond donors (Lipinski definition) is 4. The normalized spacial score (nSPS) is 16.7. The van der Waals surface area contributed by atoms with Gasteiger partial charge in [-0.3, -0.25) is 9.78 Å². The topological polar surface area (TPSA) is 114 Å². The number of carbonyl (C=O) groups excluding carboxylic acids is 1. The maximum Gasteiger partial charge on any atom is 0.254 e. The summed E-state index contributed by atoms with van der Waals surface area (Å²) < 4.78 is 0. The van der Waals surface area contributed by atoms with Crippen molar-refractivity contribution in [2.45, 2.75) is 31.5 Å². The highest BCUT2D eigenvalue weighted by Crippen LogP contribution is 2.36. The van der Waals surface area contributed by atoms with Gasteiger partial charge in [-0.1, -0.05) is 6.07 Å². The molecule has 1 aromatic carbocycles. The summed E-state index contributed by atoms with van der Waals surface area (Å²) in [6.07, 6.45) is 4.52. The second kappa shape index (κ2) is 9.85. The van der Waals surface area contributed by atoms with Crippen molar-refractivity contribution in [3.63, 3.8) is 0 Å². The van der Waals surface area contributed by atoms with Crippen LogP contribution in [0.4, 0.5) is 17.2 Å². The van der Waals surface area contributed by atoms with Gasteiger partial charge in [0.25, 0.3) is 5.91 Å². The highest BCUT2D eigenvalue weighted by Gasteiger charge is 2.32. The molecule has 3 aromatic rings. The Morgan fingerprint density at radius 1 is 1.11 bits per heavy atom. The second-order valence-corrected chi connectivity index (χ2v) is 9.83. The van der Waals surface area contributed by atoms with E-state index in [4.69, 9.17) is 4.98 Å². The van der Waals surface area contributed by atoms with E-state index in [2.05, 4.69) is 25.4 Å². The zero-order chi connectivity index (χ0) is 25.3. The molecule has 0 unspecified atom stereocenters. The number of rotatable bonds is 7. The predicted octanol–water partition coefficient (Wildman–Crippen LogP) is 2.52. The molecular formula is C27H32N6O3. The number of aromatic nitrogens is 2. The number of carbonyl (C=O) groups is 1. The molecule has 5 rings (SSSR count). The molecule has 0 saturated carbocycles. The van der Waals surface area contributed by atoms with E-state index in [-0.39, 0.29) is 12.5 Å². The number of nitrogens with zero attached hydrogens (tertiary/aromatic N) is 4. The lowest BCUT2D eigenvalue weighted by Crippen LogP contribution is -2.47. The number of nitrogens with one attached hydrogen (secondary N) is 2. The number of amides is 1. The van der Waals surface area contributed by atoms with Crippen LogP contribution in [-0.2, 0) is 13.1 Å². The Hall–Kier alpha value is -3.53. The molecular weight excluding hydrogens is 456 g/mol. The highest BCUT2D eigenvalue weighted by molar-refractivity contribution is 6.06. The van der Waals surface area contributed by atoms with Gasteiger partial charge in [-0.25, -0.2) is 4.98 Å². The van der Waals surface area contributed by atoms with E-state index in [0.29, 0.717) is 50.4 Å². The highest BCUT2D eigenvalue weighted by atomic mass is 16.3. The summed E-state index contributed by atoms with van der Waals surface area (Å²) >= 11 is 0. The molecule has 1 saturated heterocycles. The number of piperidine rings is 1. The fourth-order valence-electron chi connectivity index (χ4n) is 4.98. The molecule has 36 heavy (non-hydrogen) atoms. The monoisotopic (exact) mass is 488 g/mol. The summed E-state index contributed by atoms with van der Waals surface area (Å²) in [5.74, 6) is 0.566. The minimum absolute atomic E-state index is 0.0989. The Bertz CT molecular complexity index is 1260. The molecule has 9 nitrogen and oxygen atoms in total. The van der Waals surface area contributed by atoms with Crippen LogP contribution in [0.1, 0.15) is 34.5 Å². The van der Waals surface area contributed by atoms with Gasteiger partial charge in [0.1, 0.15) is 5.82 Å². The van der Waals surface area contributed by atoms with Gasteiger partial charge >= 0.3 is 0 Å². The molecule has 0 bridgehead atoms. The lowest BCUT2D eigenvalue weighted by molar-refractivity contribution is -0.0326. The number of fused-ring (bicyclic) bond motifs is 1. The molecule has 0 atom stereocenters. The van der Waals surface area contributed by atoms with Crippen LogP contribution in [0.5, 0.6) is 0 Å². The Kier molecular flexibility index (Phi) is 6.61. The third-order valence-corrected chi connectivity index (χ3v) is 6.97. The van der Waals surface area contributed by atoms with Gasteiger partial charge in [0.15, 0.2) is 0 Å². The van der Waals surface area contributed by atoms with Gasteiger partial charge in [0.2, 0.25) is 0 Å². The van der Waals surface area contributed by atoms with Crippen LogP contribution in [-0.4, -0.2) is 70.4 Å². The van der Waals surface area contributed by atoms with E-state index in [0.717, 1.165) is 33.8 Å². The largest absolute Gasteiger partial charge is 0.393 e. The molecule has 1 amide bonds. The van der Waals surface area contributed by atoms with Crippen molar-refractivity contribution in [3.8, 4) is 11.1 Å². The van der Waals surface area contributed by atoms with Crippen molar-refractivity contribution in [2.75, 3.05) is 44.0 Å². The van der Waals surface area contributed by atoms with Crippen molar-refractivity contribution < 1.29 is 15.0 Å². The van der Waals surface area contributed by atoms with Crippen molar-refractivity contribution >= 4 is 23.1 Å². The quantitative estimate of drug-likeness (QED) is 0.401. The first-order valence-electron chi connectivity index (χ1n) is 12.2. The Morgan fingerprint density at radius 2 is 1.86 bits per heavy atom. The van der Waals surface area contributed by atoms with Crippen LogP contribution in [0, 0.1) is 0 Å². The van der Waals surface area contributed by atoms with Crippen molar-refractivity contribution in [3.05, 3.63) is 65.6 Å². The van der Waals surface area contributed by atoms with Gasteiger partial charge in [0, 0.05) is 38.6 Å². The first-order chi connectivity index (χ1) is 17.4. The zero-order valence-electron chi connectivity index (χ0n) is 20.7. The summed E-state index contributed by atoms with van der Waals surface area (Å²) in [4.78, 5) is 26.1. The van der Waals surface area contributed by atoms with E-state index in [1.165, 1.54) is 0 Å². The third kappa shape index (κ3) is 4.77. The number of anilines is 3. The van der Waals surface area contributed by atoms with E-state index in [9.17, 15) is 15.0 Å². The molecule has 188 valence electrons. The number of benzene rings is 1. The summed E-state index contributed by atoms with van der Waals surface area (Å²) in [6.45, 7) is 2.20. The molecule has 2 aliphatic rings. The maximum absolute atomic E-state index is 12.8. The van der Waals surface area contributed by atoms with Gasteiger partial charge in [0.05, 0.1) is 34.8 Å². The van der Waals surface area contributed by atoms with Crippen molar-refractivity contribution in [1.82, 2.24) is 20.2 Å². The molecule has 2 aliphatic heterocycles. The average Bonchev–Trinajstić information content (AvgIpc) is 3.27. The second-order valence-electron chi connectivity index (χ2n) is 9.83. The first kappa shape index (κ1) is 24.2. The van der Waals surface area contributed by atoms with Gasteiger partial charge in [-0.15, -0.1) is 0 Å². The lowest BCUT2D eigenvalue weighted by atomic mass is 9.92. The fourth-order valence-corrected chi connectivity index (χ4v) is 4.98. The molecule has 9 heteroatoms. The molecule has 0 radical (unpaired) electrons. The maximum atomic E-state index is 12.8. The smallest absolute Gasteiger partial charge is 0.254 e. The molecule has 4 N–H and O–H groups in total. The molecule has 1 fully saturated rings. The van der Waals surface area contributed by atoms with Crippen LogP contribution in [0.2, 0.25) is 0 Å². The van der Waals surface area contributed by atoms with Crippen LogP contribution in [0.25, 0.3) is 11.1 Å². The van der Waals surface area contributed by atoms with Crippen molar-refractivity contribution in [1.29, 1.82) is 0 Å². The SMILES string of the molecule is CN(C)Cc1nc(Nc2ccc(-c3ccncc3)c3c2C(=O)NC3)ccc1N1CCC(O)(CO)CC1. The third-order valence-electron chi connectivity index (χ3n) is 6.97. The summed E-state index contributed by atoms with van der Waals surface area (Å²) in [6, 6.07) is 11.8. The predicted molar refractivity (Wildman–Crippen MR) is 139 cm³/mol. The first-order valence-corrected chi connectivity index (χ1v) is 12.2. The summed E-state index contributed by atoms with van der Waals surface area (Å²) in [5, 5.41) is 26.3. The van der Waals surface area contributed by atoms with E-state index in [1.807, 2.05) is 50.5 Å². The number of hydrogen-bond acceptors (Lipinski definition) is 8. The zero-order valence-corrected chi connectivity index (χ0v) is 20.7. The lowest BCUT2D eigenvalue weighted by Gasteiger charge is -2.39. The molecule has 0 aliphatic carbocycles. The van der Waals surface area contributed by atoms with E-state index in [1.54, 1.807) is 12.4 Å². The summed E-state index contributed by atoms with van der Waals surface area (Å²) in [7, 11) is 4.00. The van der Waals surface area contributed by atoms with Crippen LogP contribution in [0.3, 0.4) is 0 Å². The number of pyridine rings is 2. The molecule has 2 aromatic heterocycles. The Labute approximate surface area is 210 Å². The van der Waals surface area contributed by atoms with Crippen LogP contribution in [0.15, 0.2) is 48.8 Å². The average molecular weight is 489 g/mol. The van der Waals surface area contributed by atoms with E-state index >= 15 is 0 Å². The van der Waals surface area contributed by atoms with Crippen molar-refractivity contribution in [2.24, 2.45) is 0 Å². The summed E-state index contributed by atoms with van der Waals surface area (Å²) in [5.41, 5.74) is 5.29. The number of aliphatic hydroxyl groups is 2. The van der Waals surface area contributed by atoms with Crippen LogP contribution >= 0.6 is 0 Å². The number of aliphatic hydroxyl groups excluding tert-OH is 1. The Morgan fingerprint density at radius 3 is 2.56 bits per heavy atom. The fraction of sp³-hybridized carbons (Fsp3) is 0.370. The minimum Gasteiger partial charge on any atom is -0.393 e. The molecule has 0 spiro atoms. The standard InChI is InChI=1S/C27H32N6O3/c1-32(2)16-22-23(33-13-9-27(36,17-34)10-14-33)5-6-24(31-22)30-21-4-3-19(18-7-11-28-12-8-18)20-15-29-26(35)25(20)21/h3-8,11-12,34,36H,9-10,13-17H2,1-2H3,(H,29,35)(H,30,31). The van der Waals surface area contributed by atoms with Crippen LogP contribution < -0.4 is 15.5 Å². The Balaban J connectivity index is 1.45. The molecule has 4 heterocycles.